The van der Waals surface area contributed by atoms with Gasteiger partial charge in [0.15, 0.2) is 6.29 Å². The van der Waals surface area contributed by atoms with Crippen molar-refractivity contribution in [3.05, 3.63) is 0 Å². The molecule has 40 heavy (non-hydrogen) atoms. The maximum Gasteiger partial charge on any atom is 0.311 e. The molecule has 234 valence electrons. The van der Waals surface area contributed by atoms with Crippen LogP contribution in [0, 0.1) is 23.7 Å². The summed E-state index contributed by atoms with van der Waals surface area (Å²) in [6.07, 6.45) is -4.10. The van der Waals surface area contributed by atoms with Gasteiger partial charge in [-0.3, -0.25) is 9.59 Å². The molecule has 10 nitrogen and oxygen atoms in total. The van der Waals surface area contributed by atoms with E-state index >= 15 is 0 Å². The molecule has 0 aromatic heterocycles. The van der Waals surface area contributed by atoms with Gasteiger partial charge in [-0.15, -0.1) is 0 Å². The van der Waals surface area contributed by atoms with Crippen molar-refractivity contribution in [3.8, 4) is 0 Å². The van der Waals surface area contributed by atoms with Crippen LogP contribution in [-0.2, 0) is 33.3 Å². The third kappa shape index (κ3) is 7.43. The van der Waals surface area contributed by atoms with Crippen LogP contribution < -0.4 is 0 Å². The summed E-state index contributed by atoms with van der Waals surface area (Å²) in [5, 5.41) is 33.1. The van der Waals surface area contributed by atoms with Gasteiger partial charge >= 0.3 is 5.97 Å². The fourth-order valence-corrected chi connectivity index (χ4v) is 6.61. The minimum absolute atomic E-state index is 0.204. The molecular weight excluding hydrogens is 520 g/mol. The molecule has 0 radical (unpaired) electrons. The Bertz CT molecular complexity index is 863. The highest BCUT2D eigenvalue weighted by Crippen LogP contribution is 2.39. The Morgan fingerprint density at radius 1 is 0.900 bits per heavy atom. The van der Waals surface area contributed by atoms with Gasteiger partial charge < -0.3 is 39.0 Å². The summed E-state index contributed by atoms with van der Waals surface area (Å²) in [4.78, 5) is 27.0. The van der Waals surface area contributed by atoms with Crippen molar-refractivity contribution in [2.45, 2.75) is 142 Å². The van der Waals surface area contributed by atoms with Crippen LogP contribution in [0.2, 0.25) is 0 Å². The first-order valence-corrected chi connectivity index (χ1v) is 14.6. The van der Waals surface area contributed by atoms with Crippen LogP contribution in [0.1, 0.15) is 88.0 Å². The number of aliphatic hydroxyl groups is 3. The van der Waals surface area contributed by atoms with Gasteiger partial charge in [0.05, 0.1) is 35.4 Å². The number of Topliss-reactive ketones (excluding diaryl/α,β-unsaturated/α-hetero) is 1. The molecule has 1 unspecified atom stereocenters. The summed E-state index contributed by atoms with van der Waals surface area (Å²) < 4.78 is 29.9. The van der Waals surface area contributed by atoms with Gasteiger partial charge in [0.2, 0.25) is 0 Å². The molecule has 0 aliphatic carbocycles. The van der Waals surface area contributed by atoms with E-state index in [1.54, 1.807) is 48.7 Å². The molecule has 0 bridgehead atoms. The third-order valence-electron chi connectivity index (χ3n) is 9.48. The van der Waals surface area contributed by atoms with E-state index < -0.39 is 77.3 Å². The molecule has 2 saturated heterocycles. The lowest BCUT2D eigenvalue weighted by molar-refractivity contribution is -0.296. The fraction of sp³-hybridized carbons (Fsp3) is 0.933. The lowest BCUT2D eigenvalue weighted by atomic mass is 9.75. The van der Waals surface area contributed by atoms with E-state index in [4.69, 9.17) is 23.7 Å². The highest BCUT2D eigenvalue weighted by Gasteiger charge is 2.50. The number of methoxy groups -OCH3 is 2. The summed E-state index contributed by atoms with van der Waals surface area (Å²) in [6.45, 7) is 15.7. The number of carbonyl (C=O) groups excluding carboxylic acids is 2. The number of hydrogen-bond donors (Lipinski definition) is 3. The molecule has 2 rings (SSSR count). The van der Waals surface area contributed by atoms with E-state index in [2.05, 4.69) is 0 Å². The zero-order valence-corrected chi connectivity index (χ0v) is 26.3. The highest BCUT2D eigenvalue weighted by molar-refractivity contribution is 5.83. The van der Waals surface area contributed by atoms with E-state index in [1.165, 1.54) is 14.0 Å². The molecule has 2 aliphatic rings. The van der Waals surface area contributed by atoms with E-state index in [0.717, 1.165) is 0 Å². The summed E-state index contributed by atoms with van der Waals surface area (Å²) in [7, 11) is 3.12. The first kappa shape index (κ1) is 35.1. The van der Waals surface area contributed by atoms with Crippen molar-refractivity contribution in [2.24, 2.45) is 23.7 Å². The van der Waals surface area contributed by atoms with Crippen LogP contribution in [0.3, 0.4) is 0 Å². The molecule has 0 aromatic rings. The lowest BCUT2D eigenvalue weighted by Crippen LogP contribution is -2.58. The van der Waals surface area contributed by atoms with Crippen LogP contribution in [0.15, 0.2) is 0 Å². The minimum Gasteiger partial charge on any atom is -0.459 e. The van der Waals surface area contributed by atoms with Crippen LogP contribution >= 0.6 is 0 Å². The number of ketones is 1. The Labute approximate surface area is 240 Å². The Kier molecular flexibility index (Phi) is 11.8. The van der Waals surface area contributed by atoms with Gasteiger partial charge in [-0.25, -0.2) is 0 Å². The summed E-state index contributed by atoms with van der Waals surface area (Å²) >= 11 is 0. The average Bonchev–Trinajstić information content (AvgIpc) is 2.90. The topological polar surface area (TPSA) is 141 Å². The van der Waals surface area contributed by atoms with E-state index in [9.17, 15) is 24.9 Å². The first-order valence-electron chi connectivity index (χ1n) is 14.6. The smallest absolute Gasteiger partial charge is 0.311 e. The van der Waals surface area contributed by atoms with Gasteiger partial charge in [-0.2, -0.15) is 0 Å². The van der Waals surface area contributed by atoms with Crippen molar-refractivity contribution in [1.82, 2.24) is 0 Å². The van der Waals surface area contributed by atoms with Crippen LogP contribution in [0.25, 0.3) is 0 Å². The number of carbonyl (C=O) groups is 2. The molecule has 3 N–H and O–H groups in total. The Hall–Kier alpha value is -1.14. The second kappa shape index (κ2) is 13.4. The zero-order chi connectivity index (χ0) is 30.8. The minimum atomic E-state index is -1.87. The van der Waals surface area contributed by atoms with Crippen molar-refractivity contribution >= 4 is 11.8 Å². The second-order valence-corrected chi connectivity index (χ2v) is 13.0. The SMILES string of the molecule is CC[C@H]1OC(=O)[C@H](C)[C@@H](O[C@H]2C[C@@](C)(OC)C(O)[C@H](C)O2)[C@H](C)C[C@](C)(OC)C[C@@H](C)C(=O)[C@H](C)[C@@H](O)[C@]1(C)O. The van der Waals surface area contributed by atoms with Crippen molar-refractivity contribution in [3.63, 3.8) is 0 Å². The van der Waals surface area contributed by atoms with Gasteiger partial charge in [0.25, 0.3) is 0 Å². The normalized spacial score (nSPS) is 48.4. The maximum atomic E-state index is 13.6. The number of aliphatic hydroxyl groups excluding tert-OH is 2. The quantitative estimate of drug-likeness (QED) is 0.420. The highest BCUT2D eigenvalue weighted by atomic mass is 16.7. The first-order chi connectivity index (χ1) is 18.4. The summed E-state index contributed by atoms with van der Waals surface area (Å²) in [5.41, 5.74) is -3.53. The molecule has 2 heterocycles. The number of esters is 1. The van der Waals surface area contributed by atoms with Gasteiger partial charge in [0.1, 0.15) is 23.6 Å². The zero-order valence-electron chi connectivity index (χ0n) is 26.3. The molecule has 10 heteroatoms. The Balaban J connectivity index is 2.52. The molecule has 0 aromatic carbocycles. The predicted octanol–water partition coefficient (Wildman–Crippen LogP) is 3.02. The molecular formula is C30H54O10. The molecule has 2 aliphatic heterocycles. The van der Waals surface area contributed by atoms with E-state index in [-0.39, 0.29) is 24.5 Å². The number of rotatable bonds is 5. The monoisotopic (exact) mass is 574 g/mol. The molecule has 13 atom stereocenters. The third-order valence-corrected chi connectivity index (χ3v) is 9.48. The number of hydrogen-bond acceptors (Lipinski definition) is 10. The van der Waals surface area contributed by atoms with E-state index in [0.29, 0.717) is 12.8 Å². The Morgan fingerprint density at radius 3 is 2.02 bits per heavy atom. The molecule has 0 saturated carbocycles. The van der Waals surface area contributed by atoms with Crippen LogP contribution in [-0.4, -0.2) is 94.9 Å². The van der Waals surface area contributed by atoms with Crippen molar-refractivity contribution < 1.29 is 48.6 Å². The van der Waals surface area contributed by atoms with Crippen molar-refractivity contribution in [1.29, 1.82) is 0 Å². The van der Waals surface area contributed by atoms with Gasteiger partial charge in [-0.1, -0.05) is 27.7 Å². The second-order valence-electron chi connectivity index (χ2n) is 13.0. The maximum absolute atomic E-state index is 13.6. The standard InChI is InChI=1S/C30H54O10/c1-12-21-30(9,35)25(32)18(4)23(31)16(2)13-28(7,36-10)14-17(3)24(19(5)27(34)39-21)40-22-15-29(8,37-11)26(33)20(6)38-22/h16-22,24-26,32-33,35H,12-15H2,1-11H3/t16-,17-,18+,19-,20+,21-,22+,24+,25-,26?,28-,29-,30-/m1/s1. The molecule has 0 amide bonds. The fourth-order valence-electron chi connectivity index (χ4n) is 6.61. The van der Waals surface area contributed by atoms with Gasteiger partial charge in [-0.05, 0) is 59.8 Å². The average molecular weight is 575 g/mol. The molecule has 0 spiro atoms. The van der Waals surface area contributed by atoms with Crippen molar-refractivity contribution in [2.75, 3.05) is 14.2 Å². The van der Waals surface area contributed by atoms with Crippen LogP contribution in [0.5, 0.6) is 0 Å². The lowest BCUT2D eigenvalue weighted by Gasteiger charge is -2.46. The predicted molar refractivity (Wildman–Crippen MR) is 148 cm³/mol. The Morgan fingerprint density at radius 2 is 1.50 bits per heavy atom. The summed E-state index contributed by atoms with van der Waals surface area (Å²) in [5.74, 6) is -3.18. The largest absolute Gasteiger partial charge is 0.459 e. The van der Waals surface area contributed by atoms with Gasteiger partial charge in [0, 0.05) is 32.5 Å². The number of ether oxygens (including phenoxy) is 5. The van der Waals surface area contributed by atoms with Crippen LogP contribution in [0.4, 0.5) is 0 Å². The summed E-state index contributed by atoms with van der Waals surface area (Å²) in [6, 6.07) is 0. The molecule has 2 fully saturated rings. The number of cyclic esters (lactones) is 1. The van der Waals surface area contributed by atoms with E-state index in [1.807, 2.05) is 13.8 Å².